The molecule has 0 saturated carbocycles. The number of rotatable bonds is 0. The Bertz CT molecular complexity index is 410. The van der Waals surface area contributed by atoms with Gasteiger partial charge in [0.25, 0.3) is 0 Å². The van der Waals surface area contributed by atoms with Crippen LogP contribution in [0.2, 0.25) is 0 Å². The van der Waals surface area contributed by atoms with Crippen LogP contribution in [0, 0.1) is 61.4 Å². The molecule has 92 valence electrons. The molecule has 19 heavy (non-hydrogen) atoms. The van der Waals surface area contributed by atoms with Crippen LogP contribution in [-0.4, -0.2) is 171 Å². The van der Waals surface area contributed by atoms with Gasteiger partial charge in [-0.1, -0.05) is 0 Å². The molecular weight excluding hydrogens is 377 g/mol. The number of nitriles is 6. The van der Waals surface area contributed by atoms with Gasteiger partial charge in [0, 0.05) is 0 Å². The Kier molecular flexibility index (Phi) is 31.3. The van der Waals surface area contributed by atoms with Gasteiger partial charge in [-0.3, -0.25) is 0 Å². The Morgan fingerprint density at radius 2 is 0.526 bits per heavy atom. The van der Waals surface area contributed by atoms with E-state index in [2.05, 4.69) is 0 Å². The van der Waals surface area contributed by atoms with Crippen LogP contribution < -0.4 is 0 Å². The average Bonchev–Trinajstić information content (AvgIpc) is 2.26. The van der Waals surface area contributed by atoms with E-state index in [0.717, 1.165) is 29.8 Å². The second-order valence-electron chi connectivity index (χ2n) is 1.80. The molecule has 0 atom stereocenters. The van der Waals surface area contributed by atoms with E-state index < -0.39 is 10.7 Å². The van der Waals surface area contributed by atoms with Crippen LogP contribution in [0.5, 0.6) is 0 Å². The summed E-state index contributed by atoms with van der Waals surface area (Å²) in [7, 11) is -6.17. The molecule has 0 aliphatic heterocycles. The fraction of sp³-hybridized carbons (Fsp3) is 0. The zero-order valence-corrected chi connectivity index (χ0v) is 8.64. The predicted octanol–water partition coefficient (Wildman–Crippen LogP) is -4.32. The Hall–Kier alpha value is 2.25. The third kappa shape index (κ3) is 6.48. The summed E-state index contributed by atoms with van der Waals surface area (Å²) in [6, 6.07) is 0. The molecule has 0 aromatic rings. The maximum atomic E-state index is 8.58. The van der Waals surface area contributed by atoms with Crippen LogP contribution in [0.25, 0.3) is 0 Å². The molecule has 6 N–H and O–H groups in total. The van der Waals surface area contributed by atoms with E-state index in [4.69, 9.17) is 31.6 Å². The first-order valence-electron chi connectivity index (χ1n) is 2.40. The van der Waals surface area contributed by atoms with Crippen LogP contribution >= 0.6 is 0 Å². The maximum absolute atomic E-state index is 8.58. The van der Waals surface area contributed by atoms with Gasteiger partial charge >= 0.3 is 226 Å². The molecule has 0 radical (unpaired) electrons. The van der Waals surface area contributed by atoms with Crippen molar-refractivity contribution >= 4 is 154 Å². The summed E-state index contributed by atoms with van der Waals surface area (Å²) in [4.78, 5) is 6.19. The van der Waals surface area contributed by atoms with Gasteiger partial charge in [-0.2, -0.15) is 0 Å². The van der Waals surface area contributed by atoms with Crippen molar-refractivity contribution < 1.29 is 27.2 Å². The molecule has 0 amide bonds. The number of hydrogen-bond donors (Lipinski definition) is 0. The quantitative estimate of drug-likeness (QED) is 0.372. The van der Waals surface area contributed by atoms with Crippen molar-refractivity contribution in [3.63, 3.8) is 0 Å². The van der Waals surface area contributed by atoms with E-state index in [1.165, 1.54) is 0 Å². The molecule has 0 bridgehead atoms. The monoisotopic (exact) mass is 386 g/mol. The van der Waals surface area contributed by atoms with Gasteiger partial charge < -0.3 is 16.4 Å². The molecule has 0 heterocycles. The number of nitrogens with zero attached hydrogens (tertiary/aromatic N) is 6. The molecule has 0 fully saturated rings. The van der Waals surface area contributed by atoms with Crippen LogP contribution in [-0.2, 0) is 10.7 Å². The van der Waals surface area contributed by atoms with Gasteiger partial charge in [0.05, 0.1) is 0 Å². The molecule has 9 nitrogen and oxygen atoms in total. The van der Waals surface area contributed by atoms with Gasteiger partial charge in [0.2, 0.25) is 0 Å². The molecule has 0 rings (SSSR count). The molecule has 0 aliphatic carbocycles. The Labute approximate surface area is 236 Å². The first-order valence-corrected chi connectivity index (χ1v) is 5.71. The first-order chi connectivity index (χ1) is 5.97. The minimum atomic E-state index is -6.17. The van der Waals surface area contributed by atoms with Crippen molar-refractivity contribution in [2.75, 3.05) is 0 Å². The summed E-state index contributed by atoms with van der Waals surface area (Å²) in [5.74, 6) is 0. The summed E-state index contributed by atoms with van der Waals surface area (Å²) >= 11 is 0. The Morgan fingerprint density at radius 3 is 0.526 bits per heavy atom. The standard InChI is InChI=1S/6CN.Fe.3K.3H2O.3H/c6*1-2;;;;;;;;;;/h;;;;;;;;;;3*1H2;;;. The second kappa shape index (κ2) is 13.9. The number of hydrogen-bond acceptors (Lipinski definition) is 6. The molecular formula is C6H9FeK3N6O3. The summed E-state index contributed by atoms with van der Waals surface area (Å²) in [5, 5.41) is 51.5. The fourth-order valence-electron chi connectivity index (χ4n) is 0.265. The van der Waals surface area contributed by atoms with Gasteiger partial charge in [-0.25, -0.2) is 0 Å². The second-order valence-corrected chi connectivity index (χ2v) is 7.42. The van der Waals surface area contributed by atoms with Crippen molar-refractivity contribution in [1.82, 2.24) is 0 Å². The molecule has 0 aromatic carbocycles. The Balaban J connectivity index is -0.0000000480. The van der Waals surface area contributed by atoms with Gasteiger partial charge in [-0.05, 0) is 0 Å². The zero-order chi connectivity index (χ0) is 10.7. The van der Waals surface area contributed by atoms with Crippen molar-refractivity contribution in [2.24, 2.45) is 0 Å². The summed E-state index contributed by atoms with van der Waals surface area (Å²) in [6.45, 7) is 0. The fourth-order valence-corrected chi connectivity index (χ4v) is 1.09. The van der Waals surface area contributed by atoms with Crippen molar-refractivity contribution in [3.05, 3.63) is 0 Å². The summed E-state index contributed by atoms with van der Waals surface area (Å²) < 4.78 is 0. The predicted molar refractivity (Wildman–Crippen MR) is 66.0 cm³/mol. The third-order valence-corrected chi connectivity index (χ3v) is 4.89. The van der Waals surface area contributed by atoms with Gasteiger partial charge in [-0.15, -0.1) is 0 Å². The van der Waals surface area contributed by atoms with Crippen molar-refractivity contribution in [2.45, 2.75) is 0 Å². The average molecular weight is 386 g/mol. The molecule has 0 saturated heterocycles. The third-order valence-electron chi connectivity index (χ3n) is 1.19. The van der Waals surface area contributed by atoms with E-state index in [0.29, 0.717) is 0 Å². The minimum absolute atomic E-state index is 0. The van der Waals surface area contributed by atoms with Gasteiger partial charge in [0.1, 0.15) is 0 Å². The zero-order valence-electron chi connectivity index (χ0n) is 7.54. The van der Waals surface area contributed by atoms with Gasteiger partial charge in [0.15, 0.2) is 0 Å². The normalized spacial score (nSPS) is 9.16. The SMILES string of the molecule is N#[C][Fe]([C]#N)([C]#N)([C]#N)([C]#N)[C]#N.O.O.O.[KH].[KH].[KH]. The Morgan fingerprint density at radius 1 is 0.421 bits per heavy atom. The van der Waals surface area contributed by atoms with Crippen molar-refractivity contribution in [1.29, 1.82) is 31.6 Å². The molecule has 0 aromatic heterocycles. The van der Waals surface area contributed by atoms with Crippen molar-refractivity contribution in [3.8, 4) is 29.8 Å². The topological polar surface area (TPSA) is 237 Å². The van der Waals surface area contributed by atoms with Crippen LogP contribution in [0.1, 0.15) is 0 Å². The molecule has 13 heteroatoms. The van der Waals surface area contributed by atoms with Crippen LogP contribution in [0.15, 0.2) is 0 Å². The van der Waals surface area contributed by atoms with E-state index in [9.17, 15) is 0 Å². The molecule has 0 unspecified atom stereocenters. The van der Waals surface area contributed by atoms with E-state index in [-0.39, 0.29) is 171 Å². The van der Waals surface area contributed by atoms with E-state index in [1.807, 2.05) is 0 Å². The van der Waals surface area contributed by atoms with E-state index >= 15 is 0 Å². The first kappa shape index (κ1) is 42.9. The van der Waals surface area contributed by atoms with E-state index in [1.54, 1.807) is 0 Å². The molecule has 0 spiro atoms. The van der Waals surface area contributed by atoms with Crippen LogP contribution in [0.3, 0.4) is 0 Å². The van der Waals surface area contributed by atoms with Crippen LogP contribution in [0.4, 0.5) is 0 Å². The summed E-state index contributed by atoms with van der Waals surface area (Å²) in [5.41, 5.74) is 0. The molecule has 0 aliphatic rings. The summed E-state index contributed by atoms with van der Waals surface area (Å²) in [6.07, 6.45) is 0.